The van der Waals surface area contributed by atoms with Crippen LogP contribution in [0.25, 0.3) is 0 Å². The highest BCUT2D eigenvalue weighted by Crippen LogP contribution is 2.16. The third-order valence-corrected chi connectivity index (χ3v) is 2.82. The van der Waals surface area contributed by atoms with Crippen LogP contribution in [0.5, 0.6) is 5.75 Å². The molecule has 0 aliphatic rings. The number of urea groups is 1. The van der Waals surface area contributed by atoms with Gasteiger partial charge in [0.25, 0.3) is 0 Å². The summed E-state index contributed by atoms with van der Waals surface area (Å²) < 4.78 is 5.21. The number of carboxylic acid groups (broad SMARTS) is 1. The summed E-state index contributed by atoms with van der Waals surface area (Å²) in [5, 5.41) is 11.6. The van der Waals surface area contributed by atoms with Gasteiger partial charge in [-0.25, -0.2) is 4.79 Å². The smallest absolute Gasteiger partial charge is 0.323 e. The van der Waals surface area contributed by atoms with Crippen molar-refractivity contribution < 1.29 is 19.4 Å². The summed E-state index contributed by atoms with van der Waals surface area (Å²) in [7, 11) is 1.57. The van der Waals surface area contributed by atoms with Gasteiger partial charge < -0.3 is 20.1 Å². The molecule has 2 N–H and O–H groups in total. The molecule has 2 amide bonds. The van der Waals surface area contributed by atoms with Crippen molar-refractivity contribution in [3.8, 4) is 5.75 Å². The lowest BCUT2D eigenvalue weighted by Gasteiger charge is -2.23. The van der Waals surface area contributed by atoms with Gasteiger partial charge in [0.15, 0.2) is 0 Å². The van der Waals surface area contributed by atoms with E-state index in [9.17, 15) is 9.59 Å². The monoisotopic (exact) mass is 294 g/mol. The highest BCUT2D eigenvalue weighted by Gasteiger charge is 2.17. The van der Waals surface area contributed by atoms with Gasteiger partial charge in [-0.3, -0.25) is 4.79 Å². The average Bonchev–Trinajstić information content (AvgIpc) is 2.43. The number of benzene rings is 1. The van der Waals surface area contributed by atoms with Crippen LogP contribution in [-0.4, -0.2) is 42.2 Å². The van der Waals surface area contributed by atoms with Crippen molar-refractivity contribution in [2.45, 2.75) is 20.4 Å². The Balaban J connectivity index is 2.66. The Hall–Kier alpha value is -2.24. The fourth-order valence-corrected chi connectivity index (χ4v) is 1.95. The first kappa shape index (κ1) is 16.8. The average molecular weight is 294 g/mol. The van der Waals surface area contributed by atoms with Crippen molar-refractivity contribution >= 4 is 12.0 Å². The number of nitrogens with one attached hydrogen (secondary N) is 1. The van der Waals surface area contributed by atoms with E-state index in [1.165, 1.54) is 4.90 Å². The molecule has 0 heterocycles. The molecule has 116 valence electrons. The Bertz CT molecular complexity index is 488. The predicted octanol–water partition coefficient (Wildman–Crippen LogP) is 1.95. The van der Waals surface area contributed by atoms with Crippen molar-refractivity contribution in [2.75, 3.05) is 20.2 Å². The number of amides is 2. The maximum Gasteiger partial charge on any atom is 0.323 e. The van der Waals surface area contributed by atoms with Gasteiger partial charge >= 0.3 is 12.0 Å². The summed E-state index contributed by atoms with van der Waals surface area (Å²) in [6.07, 6.45) is 0. The predicted molar refractivity (Wildman–Crippen MR) is 79.3 cm³/mol. The molecule has 21 heavy (non-hydrogen) atoms. The third-order valence-electron chi connectivity index (χ3n) is 2.82. The second-order valence-corrected chi connectivity index (χ2v) is 5.14. The second-order valence-electron chi connectivity index (χ2n) is 5.14. The van der Waals surface area contributed by atoms with Crippen molar-refractivity contribution in [3.05, 3.63) is 29.8 Å². The van der Waals surface area contributed by atoms with E-state index in [2.05, 4.69) is 5.32 Å². The SMILES string of the molecule is COc1ccccc1CNC(=O)N(CC(=O)O)CC(C)C. The van der Waals surface area contributed by atoms with Crippen molar-refractivity contribution in [3.63, 3.8) is 0 Å². The van der Waals surface area contributed by atoms with Crippen LogP contribution in [0.4, 0.5) is 4.79 Å². The molecule has 0 fully saturated rings. The number of aliphatic carboxylic acids is 1. The fourth-order valence-electron chi connectivity index (χ4n) is 1.95. The number of hydrogen-bond donors (Lipinski definition) is 2. The van der Waals surface area contributed by atoms with Crippen LogP contribution in [0, 0.1) is 5.92 Å². The molecule has 6 nitrogen and oxygen atoms in total. The number of carboxylic acids is 1. The summed E-state index contributed by atoms with van der Waals surface area (Å²) in [5.41, 5.74) is 0.841. The molecule has 0 aliphatic heterocycles. The van der Waals surface area contributed by atoms with Gasteiger partial charge in [0.1, 0.15) is 12.3 Å². The van der Waals surface area contributed by atoms with E-state index in [0.29, 0.717) is 12.3 Å². The Morgan fingerprint density at radius 2 is 2.00 bits per heavy atom. The molecule has 0 atom stereocenters. The first-order valence-corrected chi connectivity index (χ1v) is 6.80. The highest BCUT2D eigenvalue weighted by molar-refractivity contribution is 5.80. The largest absolute Gasteiger partial charge is 0.496 e. The van der Waals surface area contributed by atoms with Crippen LogP contribution in [-0.2, 0) is 11.3 Å². The lowest BCUT2D eigenvalue weighted by molar-refractivity contribution is -0.137. The minimum atomic E-state index is -1.02. The van der Waals surface area contributed by atoms with E-state index < -0.39 is 12.0 Å². The molecule has 0 saturated carbocycles. The van der Waals surface area contributed by atoms with Crippen LogP contribution < -0.4 is 10.1 Å². The van der Waals surface area contributed by atoms with E-state index in [1.807, 2.05) is 38.1 Å². The summed E-state index contributed by atoms with van der Waals surface area (Å²) in [6.45, 7) is 4.24. The van der Waals surface area contributed by atoms with Crippen LogP contribution in [0.3, 0.4) is 0 Å². The zero-order valence-corrected chi connectivity index (χ0v) is 12.6. The van der Waals surface area contributed by atoms with Crippen LogP contribution >= 0.6 is 0 Å². The van der Waals surface area contributed by atoms with Gasteiger partial charge in [0.2, 0.25) is 0 Å². The van der Waals surface area contributed by atoms with Gasteiger partial charge in [-0.2, -0.15) is 0 Å². The molecule has 1 rings (SSSR count). The molecule has 0 unspecified atom stereocenters. The Labute approximate surface area is 124 Å². The van der Waals surface area contributed by atoms with Crippen molar-refractivity contribution in [1.29, 1.82) is 0 Å². The number of carbonyl (C=O) groups is 2. The van der Waals surface area contributed by atoms with Gasteiger partial charge in [0.05, 0.1) is 7.11 Å². The number of ether oxygens (including phenoxy) is 1. The molecule has 0 aliphatic carbocycles. The molecular formula is C15H22N2O4. The Morgan fingerprint density at radius 3 is 2.57 bits per heavy atom. The van der Waals surface area contributed by atoms with Gasteiger partial charge in [-0.05, 0) is 12.0 Å². The van der Waals surface area contributed by atoms with Crippen LogP contribution in [0.2, 0.25) is 0 Å². The van der Waals surface area contributed by atoms with Crippen LogP contribution in [0.15, 0.2) is 24.3 Å². The molecule has 1 aromatic carbocycles. The van der Waals surface area contributed by atoms with Crippen LogP contribution in [0.1, 0.15) is 19.4 Å². The summed E-state index contributed by atoms with van der Waals surface area (Å²) >= 11 is 0. The highest BCUT2D eigenvalue weighted by atomic mass is 16.5. The van der Waals surface area contributed by atoms with Gasteiger partial charge in [-0.15, -0.1) is 0 Å². The molecule has 0 radical (unpaired) electrons. The quantitative estimate of drug-likeness (QED) is 0.805. The summed E-state index contributed by atoms with van der Waals surface area (Å²) in [6, 6.07) is 6.97. The minimum Gasteiger partial charge on any atom is -0.496 e. The minimum absolute atomic E-state index is 0.196. The topological polar surface area (TPSA) is 78.9 Å². The molecular weight excluding hydrogens is 272 g/mol. The second kappa shape index (κ2) is 8.14. The van der Waals surface area contributed by atoms with Crippen molar-refractivity contribution in [1.82, 2.24) is 10.2 Å². The molecule has 0 saturated heterocycles. The summed E-state index contributed by atoms with van der Waals surface area (Å²) in [5.74, 6) is -0.143. The zero-order chi connectivity index (χ0) is 15.8. The first-order chi connectivity index (χ1) is 9.93. The molecule has 0 spiro atoms. The fraction of sp³-hybridized carbons (Fsp3) is 0.467. The zero-order valence-electron chi connectivity index (χ0n) is 12.6. The van der Waals surface area contributed by atoms with E-state index in [-0.39, 0.29) is 19.0 Å². The number of rotatable bonds is 7. The Kier molecular flexibility index (Phi) is 6.52. The summed E-state index contributed by atoms with van der Waals surface area (Å²) in [4.78, 5) is 24.2. The maximum absolute atomic E-state index is 12.1. The number of para-hydroxylation sites is 1. The molecule has 1 aromatic rings. The number of methoxy groups -OCH3 is 1. The first-order valence-electron chi connectivity index (χ1n) is 6.80. The maximum atomic E-state index is 12.1. The van der Waals surface area contributed by atoms with E-state index in [0.717, 1.165) is 5.56 Å². The van der Waals surface area contributed by atoms with E-state index in [1.54, 1.807) is 7.11 Å². The number of hydrogen-bond acceptors (Lipinski definition) is 3. The number of carbonyl (C=O) groups excluding carboxylic acids is 1. The van der Waals surface area contributed by atoms with Gasteiger partial charge in [-0.1, -0.05) is 32.0 Å². The number of nitrogens with zero attached hydrogens (tertiary/aromatic N) is 1. The van der Waals surface area contributed by atoms with Crippen molar-refractivity contribution in [2.24, 2.45) is 5.92 Å². The Morgan fingerprint density at radius 1 is 1.33 bits per heavy atom. The third kappa shape index (κ3) is 5.72. The molecule has 0 aromatic heterocycles. The molecule has 6 heteroatoms. The van der Waals surface area contributed by atoms with E-state index >= 15 is 0 Å². The molecule has 0 bridgehead atoms. The normalized spacial score (nSPS) is 10.3. The lowest BCUT2D eigenvalue weighted by atomic mass is 10.2. The lowest BCUT2D eigenvalue weighted by Crippen LogP contribution is -2.44. The van der Waals surface area contributed by atoms with Gasteiger partial charge in [0, 0.05) is 18.7 Å². The van der Waals surface area contributed by atoms with E-state index in [4.69, 9.17) is 9.84 Å². The standard InChI is InChI=1S/C15H22N2O4/c1-11(2)9-17(10-14(18)19)15(20)16-8-12-6-4-5-7-13(12)21-3/h4-7,11H,8-10H2,1-3H3,(H,16,20)(H,18,19).